The second-order valence-electron chi connectivity index (χ2n) is 4.24. The van der Waals surface area contributed by atoms with E-state index in [4.69, 9.17) is 14.6 Å². The molecule has 2 aromatic carbocycles. The molecule has 20 heavy (non-hydrogen) atoms. The molecule has 0 bridgehead atoms. The van der Waals surface area contributed by atoms with Gasteiger partial charge in [0.25, 0.3) is 0 Å². The summed E-state index contributed by atoms with van der Waals surface area (Å²) in [7, 11) is 1.56. The summed E-state index contributed by atoms with van der Waals surface area (Å²) in [5, 5.41) is 9.04. The fourth-order valence-corrected chi connectivity index (χ4v) is 2.20. The number of carboxylic acids is 1. The zero-order valence-corrected chi connectivity index (χ0v) is 12.6. The number of hydrogen-bond acceptors (Lipinski definition) is 3. The number of halogens is 1. The Morgan fingerprint density at radius 1 is 1.15 bits per heavy atom. The molecule has 4 nitrogen and oxygen atoms in total. The maximum Gasteiger partial charge on any atom is 0.335 e. The molecule has 2 rings (SSSR count). The highest BCUT2D eigenvalue weighted by molar-refractivity contribution is 9.10. The van der Waals surface area contributed by atoms with Gasteiger partial charge in [-0.2, -0.15) is 0 Å². The summed E-state index contributed by atoms with van der Waals surface area (Å²) in [5.41, 5.74) is 1.20. The van der Waals surface area contributed by atoms with E-state index in [1.54, 1.807) is 19.2 Å². The molecule has 0 aliphatic rings. The van der Waals surface area contributed by atoms with E-state index >= 15 is 0 Å². The number of rotatable bonds is 4. The Morgan fingerprint density at radius 3 is 2.55 bits per heavy atom. The van der Waals surface area contributed by atoms with Crippen molar-refractivity contribution in [3.8, 4) is 17.2 Å². The zero-order valence-electron chi connectivity index (χ0n) is 11.0. The SMILES string of the molecule is COc1cc(C)ccc1Oc1cc(Br)cc(C(=O)O)c1. The van der Waals surface area contributed by atoms with Crippen molar-refractivity contribution in [3.05, 3.63) is 52.0 Å². The van der Waals surface area contributed by atoms with Crippen molar-refractivity contribution < 1.29 is 19.4 Å². The second kappa shape index (κ2) is 5.96. The molecule has 0 unspecified atom stereocenters. The number of ether oxygens (including phenoxy) is 2. The first-order valence-electron chi connectivity index (χ1n) is 5.86. The van der Waals surface area contributed by atoms with Crippen molar-refractivity contribution in [1.82, 2.24) is 0 Å². The molecule has 0 atom stereocenters. The zero-order chi connectivity index (χ0) is 14.7. The van der Waals surface area contributed by atoms with Gasteiger partial charge in [0, 0.05) is 4.47 Å². The first-order chi connectivity index (χ1) is 9.49. The van der Waals surface area contributed by atoms with E-state index < -0.39 is 5.97 Å². The van der Waals surface area contributed by atoms with Crippen LogP contribution in [0.4, 0.5) is 0 Å². The largest absolute Gasteiger partial charge is 0.493 e. The molecule has 0 amide bonds. The van der Waals surface area contributed by atoms with Gasteiger partial charge in [0.05, 0.1) is 12.7 Å². The van der Waals surface area contributed by atoms with Gasteiger partial charge in [0.15, 0.2) is 11.5 Å². The van der Waals surface area contributed by atoms with Crippen LogP contribution >= 0.6 is 15.9 Å². The minimum absolute atomic E-state index is 0.153. The predicted molar refractivity (Wildman–Crippen MR) is 78.9 cm³/mol. The van der Waals surface area contributed by atoms with Crippen LogP contribution in [0.5, 0.6) is 17.2 Å². The number of methoxy groups -OCH3 is 1. The van der Waals surface area contributed by atoms with Gasteiger partial charge < -0.3 is 14.6 Å². The van der Waals surface area contributed by atoms with E-state index in [0.717, 1.165) is 5.56 Å². The van der Waals surface area contributed by atoms with Crippen molar-refractivity contribution >= 4 is 21.9 Å². The van der Waals surface area contributed by atoms with Crippen molar-refractivity contribution in [3.63, 3.8) is 0 Å². The average Bonchev–Trinajstić information content (AvgIpc) is 2.40. The van der Waals surface area contributed by atoms with Crippen LogP contribution in [-0.4, -0.2) is 18.2 Å². The molecule has 5 heteroatoms. The molecular formula is C15H13BrO4. The average molecular weight is 337 g/mol. The molecule has 0 aromatic heterocycles. The number of carbonyl (C=O) groups is 1. The number of aromatic carboxylic acids is 1. The number of benzene rings is 2. The normalized spacial score (nSPS) is 10.2. The topological polar surface area (TPSA) is 55.8 Å². The Labute approximate surface area is 125 Å². The quantitative estimate of drug-likeness (QED) is 0.906. The monoisotopic (exact) mass is 336 g/mol. The lowest BCUT2D eigenvalue weighted by Crippen LogP contribution is -1.97. The van der Waals surface area contributed by atoms with Gasteiger partial charge >= 0.3 is 5.97 Å². The number of hydrogen-bond donors (Lipinski definition) is 1. The van der Waals surface area contributed by atoms with Gasteiger partial charge in [-0.05, 0) is 42.8 Å². The van der Waals surface area contributed by atoms with Crippen LogP contribution < -0.4 is 9.47 Å². The van der Waals surface area contributed by atoms with Crippen molar-refractivity contribution in [2.24, 2.45) is 0 Å². The Morgan fingerprint density at radius 2 is 1.90 bits per heavy atom. The van der Waals surface area contributed by atoms with Gasteiger partial charge in [0.1, 0.15) is 5.75 Å². The molecule has 0 fully saturated rings. The molecule has 0 aliphatic carbocycles. The fraction of sp³-hybridized carbons (Fsp3) is 0.133. The first kappa shape index (κ1) is 14.4. The van der Waals surface area contributed by atoms with Gasteiger partial charge in [0.2, 0.25) is 0 Å². The van der Waals surface area contributed by atoms with Crippen molar-refractivity contribution in [1.29, 1.82) is 0 Å². The standard InChI is InChI=1S/C15H13BrO4/c1-9-3-4-13(14(5-9)19-2)20-12-7-10(15(17)18)6-11(16)8-12/h3-8H,1-2H3,(H,17,18). The third-order valence-electron chi connectivity index (χ3n) is 2.67. The molecule has 0 saturated heterocycles. The van der Waals surface area contributed by atoms with Gasteiger partial charge in [-0.25, -0.2) is 4.79 Å². The minimum atomic E-state index is -1.01. The van der Waals surface area contributed by atoms with E-state index in [0.29, 0.717) is 21.7 Å². The number of carboxylic acid groups (broad SMARTS) is 1. The summed E-state index contributed by atoms with van der Waals surface area (Å²) in [6.45, 7) is 1.95. The lowest BCUT2D eigenvalue weighted by molar-refractivity contribution is 0.0696. The summed E-state index contributed by atoms with van der Waals surface area (Å²) in [6, 6.07) is 10.2. The van der Waals surface area contributed by atoms with Crippen LogP contribution in [0.3, 0.4) is 0 Å². The van der Waals surface area contributed by atoms with E-state index in [1.165, 1.54) is 12.1 Å². The summed E-state index contributed by atoms with van der Waals surface area (Å²) in [5.74, 6) is 0.556. The Bertz CT molecular complexity index is 652. The maximum atomic E-state index is 11.0. The molecule has 0 radical (unpaired) electrons. The smallest absolute Gasteiger partial charge is 0.335 e. The van der Waals surface area contributed by atoms with Crippen molar-refractivity contribution in [2.75, 3.05) is 7.11 Å². The second-order valence-corrected chi connectivity index (χ2v) is 5.15. The Kier molecular flexibility index (Phi) is 4.29. The lowest BCUT2D eigenvalue weighted by atomic mass is 10.2. The molecule has 0 heterocycles. The maximum absolute atomic E-state index is 11.0. The first-order valence-corrected chi connectivity index (χ1v) is 6.65. The van der Waals surface area contributed by atoms with E-state index in [9.17, 15) is 4.79 Å². The Hall–Kier alpha value is -2.01. The lowest BCUT2D eigenvalue weighted by Gasteiger charge is -2.11. The fourth-order valence-electron chi connectivity index (χ4n) is 1.73. The third kappa shape index (κ3) is 3.30. The third-order valence-corrected chi connectivity index (χ3v) is 3.12. The molecule has 0 saturated carbocycles. The highest BCUT2D eigenvalue weighted by Gasteiger charge is 2.10. The van der Waals surface area contributed by atoms with Crippen LogP contribution in [0.1, 0.15) is 15.9 Å². The summed E-state index contributed by atoms with van der Waals surface area (Å²) in [4.78, 5) is 11.0. The molecule has 2 aromatic rings. The van der Waals surface area contributed by atoms with Gasteiger partial charge in [-0.1, -0.05) is 22.0 Å². The highest BCUT2D eigenvalue weighted by atomic mass is 79.9. The molecule has 1 N–H and O–H groups in total. The van der Waals surface area contributed by atoms with Gasteiger partial charge in [-0.15, -0.1) is 0 Å². The van der Waals surface area contributed by atoms with E-state index in [1.807, 2.05) is 19.1 Å². The van der Waals surface area contributed by atoms with Crippen LogP contribution in [0.2, 0.25) is 0 Å². The molecule has 0 spiro atoms. The van der Waals surface area contributed by atoms with Crippen molar-refractivity contribution in [2.45, 2.75) is 6.92 Å². The molecular weight excluding hydrogens is 324 g/mol. The highest BCUT2D eigenvalue weighted by Crippen LogP contribution is 2.33. The number of aryl methyl sites for hydroxylation is 1. The predicted octanol–water partition coefficient (Wildman–Crippen LogP) is 4.26. The summed E-state index contributed by atoms with van der Waals surface area (Å²) < 4.78 is 11.6. The molecule has 0 aliphatic heterocycles. The van der Waals surface area contributed by atoms with Crippen LogP contribution in [-0.2, 0) is 0 Å². The van der Waals surface area contributed by atoms with Crippen LogP contribution in [0, 0.1) is 6.92 Å². The van der Waals surface area contributed by atoms with E-state index in [-0.39, 0.29) is 5.56 Å². The summed E-state index contributed by atoms with van der Waals surface area (Å²) in [6.07, 6.45) is 0. The van der Waals surface area contributed by atoms with Crippen LogP contribution in [0.25, 0.3) is 0 Å². The molecule has 104 valence electrons. The van der Waals surface area contributed by atoms with Crippen LogP contribution in [0.15, 0.2) is 40.9 Å². The van der Waals surface area contributed by atoms with Gasteiger partial charge in [-0.3, -0.25) is 0 Å². The summed E-state index contributed by atoms with van der Waals surface area (Å²) >= 11 is 3.27. The minimum Gasteiger partial charge on any atom is -0.493 e. The Balaban J connectivity index is 2.37. The van der Waals surface area contributed by atoms with E-state index in [2.05, 4.69) is 15.9 Å².